The van der Waals surface area contributed by atoms with Crippen molar-refractivity contribution in [3.8, 4) is 10.7 Å². The highest BCUT2D eigenvalue weighted by Crippen LogP contribution is 2.21. The maximum atomic E-state index is 11.7. The van der Waals surface area contributed by atoms with E-state index in [1.54, 1.807) is 11.3 Å². The van der Waals surface area contributed by atoms with Gasteiger partial charge in [0.05, 0.1) is 4.88 Å². The lowest BCUT2D eigenvalue weighted by Crippen LogP contribution is -2.27. The normalized spacial score (nSPS) is 11.0. The minimum atomic E-state index is 0.0182. The van der Waals surface area contributed by atoms with Crippen molar-refractivity contribution in [3.63, 3.8) is 0 Å². The zero-order valence-electron chi connectivity index (χ0n) is 12.3. The van der Waals surface area contributed by atoms with Crippen molar-refractivity contribution in [3.05, 3.63) is 23.4 Å². The van der Waals surface area contributed by atoms with Gasteiger partial charge in [-0.05, 0) is 38.5 Å². The molecule has 0 saturated carbocycles. The number of hydrogen-bond acceptors (Lipinski definition) is 6. The molecule has 2 aromatic rings. The smallest absolute Gasteiger partial charge is 0.227 e. The van der Waals surface area contributed by atoms with Gasteiger partial charge in [-0.1, -0.05) is 11.2 Å². The van der Waals surface area contributed by atoms with Crippen molar-refractivity contribution in [2.24, 2.45) is 0 Å². The van der Waals surface area contributed by atoms with E-state index in [1.807, 2.05) is 31.6 Å². The Bertz CT molecular complexity index is 551. The Kier molecular flexibility index (Phi) is 5.89. The second-order valence-electron chi connectivity index (χ2n) is 5.00. The van der Waals surface area contributed by atoms with Crippen molar-refractivity contribution < 1.29 is 9.32 Å². The van der Waals surface area contributed by atoms with E-state index in [9.17, 15) is 4.79 Å². The van der Waals surface area contributed by atoms with Crippen LogP contribution in [0.1, 0.15) is 18.7 Å². The Morgan fingerprint density at radius 1 is 1.48 bits per heavy atom. The van der Waals surface area contributed by atoms with Crippen LogP contribution in [0.5, 0.6) is 0 Å². The molecule has 1 N–H and O–H groups in total. The van der Waals surface area contributed by atoms with Crippen LogP contribution in [-0.4, -0.2) is 48.1 Å². The predicted octanol–water partition coefficient (Wildman–Crippen LogP) is 1.80. The second kappa shape index (κ2) is 7.90. The molecule has 1 amide bonds. The number of rotatable bonds is 8. The van der Waals surface area contributed by atoms with Gasteiger partial charge in [0.15, 0.2) is 0 Å². The number of nitrogens with zero attached hydrogens (tertiary/aromatic N) is 3. The zero-order chi connectivity index (χ0) is 15.1. The molecule has 0 aliphatic carbocycles. The van der Waals surface area contributed by atoms with Gasteiger partial charge in [0, 0.05) is 19.4 Å². The largest absolute Gasteiger partial charge is 0.356 e. The fourth-order valence-corrected chi connectivity index (χ4v) is 2.44. The van der Waals surface area contributed by atoms with E-state index >= 15 is 0 Å². The van der Waals surface area contributed by atoms with Crippen LogP contribution in [0.25, 0.3) is 10.7 Å². The van der Waals surface area contributed by atoms with Gasteiger partial charge < -0.3 is 14.7 Å². The lowest BCUT2D eigenvalue weighted by atomic mass is 10.3. The van der Waals surface area contributed by atoms with Gasteiger partial charge >= 0.3 is 0 Å². The lowest BCUT2D eigenvalue weighted by Gasteiger charge is -2.09. The molecule has 7 heteroatoms. The van der Waals surface area contributed by atoms with Crippen LogP contribution in [0, 0.1) is 0 Å². The summed E-state index contributed by atoms with van der Waals surface area (Å²) in [6.07, 6.45) is 1.79. The first-order valence-corrected chi connectivity index (χ1v) is 7.81. The summed E-state index contributed by atoms with van der Waals surface area (Å²) < 4.78 is 5.15. The van der Waals surface area contributed by atoms with Gasteiger partial charge in [-0.15, -0.1) is 11.3 Å². The highest BCUT2D eigenvalue weighted by atomic mass is 32.1. The molecule has 21 heavy (non-hydrogen) atoms. The molecule has 0 aliphatic heterocycles. The zero-order valence-corrected chi connectivity index (χ0v) is 13.2. The maximum Gasteiger partial charge on any atom is 0.227 e. The molecule has 0 aliphatic rings. The number of aromatic nitrogens is 2. The highest BCUT2D eigenvalue weighted by molar-refractivity contribution is 7.13. The van der Waals surface area contributed by atoms with E-state index in [2.05, 4.69) is 20.4 Å². The number of hydrogen-bond donors (Lipinski definition) is 1. The van der Waals surface area contributed by atoms with Crippen molar-refractivity contribution in [2.75, 3.05) is 27.2 Å². The topological polar surface area (TPSA) is 71.3 Å². The van der Waals surface area contributed by atoms with E-state index in [4.69, 9.17) is 4.52 Å². The standard InChI is InChI=1S/C14H20N4O2S/c1-18(2)9-4-8-15-12(19)6-7-13-16-14(17-20-13)11-5-3-10-21-11/h3,5,10H,4,6-9H2,1-2H3,(H,15,19). The Morgan fingerprint density at radius 3 is 3.05 bits per heavy atom. The number of carbonyl (C=O) groups excluding carboxylic acids is 1. The minimum Gasteiger partial charge on any atom is -0.356 e. The predicted molar refractivity (Wildman–Crippen MR) is 82.1 cm³/mol. The van der Waals surface area contributed by atoms with Crippen molar-refractivity contribution in [1.29, 1.82) is 0 Å². The van der Waals surface area contributed by atoms with Gasteiger partial charge in [-0.2, -0.15) is 4.98 Å². The first kappa shape index (κ1) is 15.7. The van der Waals surface area contributed by atoms with E-state index in [1.165, 1.54) is 0 Å². The average molecular weight is 308 g/mol. The summed E-state index contributed by atoms with van der Waals surface area (Å²) in [5.41, 5.74) is 0. The van der Waals surface area contributed by atoms with Crippen LogP contribution in [0.4, 0.5) is 0 Å². The highest BCUT2D eigenvalue weighted by Gasteiger charge is 2.10. The molecular formula is C14H20N4O2S. The van der Waals surface area contributed by atoms with E-state index in [0.717, 1.165) is 17.8 Å². The summed E-state index contributed by atoms with van der Waals surface area (Å²) in [5, 5.41) is 8.77. The number of carbonyl (C=O) groups is 1. The molecule has 2 heterocycles. The van der Waals surface area contributed by atoms with E-state index < -0.39 is 0 Å². The first-order valence-electron chi connectivity index (χ1n) is 6.93. The van der Waals surface area contributed by atoms with Crippen LogP contribution in [0.2, 0.25) is 0 Å². The van der Waals surface area contributed by atoms with Gasteiger partial charge in [-0.3, -0.25) is 4.79 Å². The molecule has 0 unspecified atom stereocenters. The third kappa shape index (κ3) is 5.28. The van der Waals surface area contributed by atoms with Crippen LogP contribution in [0.15, 0.2) is 22.0 Å². The number of thiophene rings is 1. The minimum absolute atomic E-state index is 0.0182. The third-order valence-electron chi connectivity index (χ3n) is 2.88. The van der Waals surface area contributed by atoms with Crippen molar-refractivity contribution >= 4 is 17.2 Å². The molecule has 0 atom stereocenters. The monoisotopic (exact) mass is 308 g/mol. The summed E-state index contributed by atoms with van der Waals surface area (Å²) in [6.45, 7) is 1.66. The maximum absolute atomic E-state index is 11.7. The molecule has 0 saturated heterocycles. The Morgan fingerprint density at radius 2 is 2.33 bits per heavy atom. The second-order valence-corrected chi connectivity index (χ2v) is 5.94. The van der Waals surface area contributed by atoms with Crippen molar-refractivity contribution in [1.82, 2.24) is 20.4 Å². The SMILES string of the molecule is CN(C)CCCNC(=O)CCc1nc(-c2cccs2)no1. The van der Waals surface area contributed by atoms with Gasteiger partial charge in [0.2, 0.25) is 17.6 Å². The molecule has 2 aromatic heterocycles. The molecule has 0 fully saturated rings. The van der Waals surface area contributed by atoms with Crippen LogP contribution < -0.4 is 5.32 Å². The molecule has 6 nitrogen and oxygen atoms in total. The summed E-state index contributed by atoms with van der Waals surface area (Å²) in [4.78, 5) is 19.0. The van der Waals surface area contributed by atoms with E-state index in [-0.39, 0.29) is 5.91 Å². The molecule has 0 spiro atoms. The van der Waals surface area contributed by atoms with Gasteiger partial charge in [-0.25, -0.2) is 0 Å². The van der Waals surface area contributed by atoms with Gasteiger partial charge in [0.1, 0.15) is 0 Å². The fraction of sp³-hybridized carbons (Fsp3) is 0.500. The van der Waals surface area contributed by atoms with Crippen LogP contribution >= 0.6 is 11.3 Å². The molecule has 2 rings (SSSR count). The first-order chi connectivity index (χ1) is 10.1. The lowest BCUT2D eigenvalue weighted by molar-refractivity contribution is -0.121. The summed E-state index contributed by atoms with van der Waals surface area (Å²) in [6, 6.07) is 3.88. The summed E-state index contributed by atoms with van der Waals surface area (Å²) in [5.74, 6) is 1.11. The Hall–Kier alpha value is -1.73. The third-order valence-corrected chi connectivity index (χ3v) is 3.75. The molecular weight excluding hydrogens is 288 g/mol. The summed E-state index contributed by atoms with van der Waals surface area (Å²) >= 11 is 1.56. The van der Waals surface area contributed by atoms with E-state index in [0.29, 0.717) is 31.1 Å². The number of amides is 1. The van der Waals surface area contributed by atoms with Gasteiger partial charge in [0.25, 0.3) is 0 Å². The van der Waals surface area contributed by atoms with Crippen molar-refractivity contribution in [2.45, 2.75) is 19.3 Å². The Balaban J connectivity index is 1.69. The molecule has 0 radical (unpaired) electrons. The molecule has 0 bridgehead atoms. The number of aryl methyl sites for hydroxylation is 1. The fourth-order valence-electron chi connectivity index (χ4n) is 1.79. The molecule has 0 aromatic carbocycles. The van der Waals surface area contributed by atoms with Crippen LogP contribution in [-0.2, 0) is 11.2 Å². The quantitative estimate of drug-likeness (QED) is 0.753. The Labute approximate surface area is 128 Å². The van der Waals surface area contributed by atoms with Crippen LogP contribution in [0.3, 0.4) is 0 Å². The number of nitrogens with one attached hydrogen (secondary N) is 1. The summed E-state index contributed by atoms with van der Waals surface area (Å²) in [7, 11) is 4.03. The molecule has 114 valence electrons. The average Bonchev–Trinajstić information content (AvgIpc) is 3.11.